The van der Waals surface area contributed by atoms with Crippen LogP contribution in [0.1, 0.15) is 25.1 Å². The van der Waals surface area contributed by atoms with Gasteiger partial charge in [0.25, 0.3) is 0 Å². The molecule has 2 rings (SSSR count). The van der Waals surface area contributed by atoms with Gasteiger partial charge < -0.3 is 10.1 Å². The molecule has 0 aliphatic carbocycles. The van der Waals surface area contributed by atoms with E-state index in [1.165, 1.54) is 32.0 Å². The number of aromatic nitrogens is 1. The average Bonchev–Trinajstić information content (AvgIpc) is 2.70. The molecule has 0 bridgehead atoms. The number of hydrogen-bond donors (Lipinski definition) is 2. The van der Waals surface area contributed by atoms with E-state index in [4.69, 9.17) is 5.11 Å². The number of rotatable bonds is 2. The Balaban J connectivity index is 2.68. The summed E-state index contributed by atoms with van der Waals surface area (Å²) in [6, 6.07) is 5.23. The lowest BCUT2D eigenvalue weighted by Gasteiger charge is -2.17. The Labute approximate surface area is 107 Å². The largest absolute Gasteiger partial charge is 0.481 e. The van der Waals surface area contributed by atoms with Crippen LogP contribution in [0.25, 0.3) is 10.9 Å². The maximum absolute atomic E-state index is 12.8. The highest BCUT2D eigenvalue weighted by atomic mass is 19.4. The van der Waals surface area contributed by atoms with Crippen LogP contribution in [0.15, 0.2) is 24.3 Å². The van der Waals surface area contributed by atoms with Gasteiger partial charge >= 0.3 is 12.1 Å². The van der Waals surface area contributed by atoms with Crippen molar-refractivity contribution in [3.05, 3.63) is 35.5 Å². The van der Waals surface area contributed by atoms with Crippen LogP contribution in [0.3, 0.4) is 0 Å². The van der Waals surface area contributed by atoms with Crippen LogP contribution in [0.2, 0.25) is 0 Å². The molecule has 6 heteroatoms. The standard InChI is InChI=1S/C13H12F3NO2/c1-12(2,11(18)19)9-6-7-4-3-5-8(10(7)17-9)13(14,15)16/h3-6,17H,1-2H3,(H,18,19). The van der Waals surface area contributed by atoms with Gasteiger partial charge in [0.1, 0.15) is 5.41 Å². The second-order valence-corrected chi connectivity index (χ2v) is 4.88. The Morgan fingerprint density at radius 2 is 1.89 bits per heavy atom. The molecular weight excluding hydrogens is 259 g/mol. The summed E-state index contributed by atoms with van der Waals surface area (Å²) in [7, 11) is 0. The third kappa shape index (κ3) is 2.18. The molecule has 1 heterocycles. The topological polar surface area (TPSA) is 53.1 Å². The van der Waals surface area contributed by atoms with Crippen molar-refractivity contribution in [3.8, 4) is 0 Å². The first-order chi connectivity index (χ1) is 8.64. The van der Waals surface area contributed by atoms with E-state index in [9.17, 15) is 18.0 Å². The average molecular weight is 271 g/mol. The van der Waals surface area contributed by atoms with Crippen molar-refractivity contribution in [2.75, 3.05) is 0 Å². The first kappa shape index (κ1) is 13.5. The minimum atomic E-state index is -4.48. The fourth-order valence-electron chi connectivity index (χ4n) is 1.84. The zero-order valence-electron chi connectivity index (χ0n) is 10.3. The first-order valence-corrected chi connectivity index (χ1v) is 5.57. The molecule has 0 fully saturated rings. The molecule has 0 spiro atoms. The van der Waals surface area contributed by atoms with Gasteiger partial charge in [-0.25, -0.2) is 0 Å². The quantitative estimate of drug-likeness (QED) is 0.877. The molecule has 0 saturated heterocycles. The van der Waals surface area contributed by atoms with Gasteiger partial charge in [-0.15, -0.1) is 0 Å². The minimum Gasteiger partial charge on any atom is -0.481 e. The lowest BCUT2D eigenvalue weighted by atomic mass is 9.90. The highest BCUT2D eigenvalue weighted by molar-refractivity contribution is 5.87. The van der Waals surface area contributed by atoms with Crippen molar-refractivity contribution < 1.29 is 23.1 Å². The zero-order chi connectivity index (χ0) is 14.4. The molecule has 0 amide bonds. The lowest BCUT2D eigenvalue weighted by molar-refractivity contribution is -0.142. The van der Waals surface area contributed by atoms with Crippen LogP contribution in [0.4, 0.5) is 13.2 Å². The highest BCUT2D eigenvalue weighted by Gasteiger charge is 2.35. The maximum Gasteiger partial charge on any atom is 0.418 e. The summed E-state index contributed by atoms with van der Waals surface area (Å²) in [6.45, 7) is 2.88. The van der Waals surface area contributed by atoms with E-state index in [-0.39, 0.29) is 11.2 Å². The Morgan fingerprint density at radius 1 is 1.26 bits per heavy atom. The molecule has 0 radical (unpaired) electrons. The number of carboxylic acids is 1. The fourth-order valence-corrected chi connectivity index (χ4v) is 1.84. The molecule has 0 aliphatic heterocycles. The van der Waals surface area contributed by atoms with E-state index in [0.29, 0.717) is 5.39 Å². The molecular formula is C13H12F3NO2. The molecule has 3 nitrogen and oxygen atoms in total. The number of para-hydroxylation sites is 1. The fraction of sp³-hybridized carbons (Fsp3) is 0.308. The van der Waals surface area contributed by atoms with Gasteiger partial charge in [0.05, 0.1) is 11.1 Å². The van der Waals surface area contributed by atoms with Gasteiger partial charge in [-0.1, -0.05) is 12.1 Å². The van der Waals surface area contributed by atoms with Crippen molar-refractivity contribution in [2.45, 2.75) is 25.4 Å². The van der Waals surface area contributed by atoms with E-state index < -0.39 is 23.1 Å². The number of aliphatic carboxylic acids is 1. The normalized spacial score (nSPS) is 12.9. The number of fused-ring (bicyclic) bond motifs is 1. The van der Waals surface area contributed by atoms with Crippen molar-refractivity contribution in [2.24, 2.45) is 0 Å². The number of carbonyl (C=O) groups is 1. The van der Waals surface area contributed by atoms with E-state index in [0.717, 1.165) is 6.07 Å². The molecule has 0 aliphatic rings. The number of benzene rings is 1. The van der Waals surface area contributed by atoms with E-state index in [1.807, 2.05) is 0 Å². The van der Waals surface area contributed by atoms with Crippen molar-refractivity contribution >= 4 is 16.9 Å². The molecule has 0 atom stereocenters. The van der Waals surface area contributed by atoms with Crippen LogP contribution in [-0.4, -0.2) is 16.1 Å². The number of carboxylic acid groups (broad SMARTS) is 1. The summed E-state index contributed by atoms with van der Waals surface area (Å²) < 4.78 is 38.5. The van der Waals surface area contributed by atoms with Crippen LogP contribution in [-0.2, 0) is 16.4 Å². The number of nitrogens with one attached hydrogen (secondary N) is 1. The van der Waals surface area contributed by atoms with Crippen LogP contribution < -0.4 is 0 Å². The second kappa shape index (κ2) is 4.01. The molecule has 0 saturated carbocycles. The Bertz CT molecular complexity index is 641. The smallest absolute Gasteiger partial charge is 0.418 e. The molecule has 19 heavy (non-hydrogen) atoms. The van der Waals surface area contributed by atoms with Gasteiger partial charge in [0.15, 0.2) is 0 Å². The number of H-pyrrole nitrogens is 1. The summed E-state index contributed by atoms with van der Waals surface area (Å²) >= 11 is 0. The Hall–Kier alpha value is -1.98. The van der Waals surface area contributed by atoms with Crippen LogP contribution in [0, 0.1) is 0 Å². The van der Waals surface area contributed by atoms with Crippen LogP contribution in [0.5, 0.6) is 0 Å². The number of hydrogen-bond acceptors (Lipinski definition) is 1. The molecule has 102 valence electrons. The third-order valence-corrected chi connectivity index (χ3v) is 3.17. The van der Waals surface area contributed by atoms with Crippen molar-refractivity contribution in [1.29, 1.82) is 0 Å². The van der Waals surface area contributed by atoms with E-state index in [2.05, 4.69) is 4.98 Å². The molecule has 1 aromatic carbocycles. The van der Waals surface area contributed by atoms with E-state index >= 15 is 0 Å². The van der Waals surface area contributed by atoms with Gasteiger partial charge in [-0.2, -0.15) is 13.2 Å². The summed E-state index contributed by atoms with van der Waals surface area (Å²) in [4.78, 5) is 13.7. The Kier molecular flexibility index (Phi) is 2.84. The molecule has 0 unspecified atom stereocenters. The summed E-state index contributed by atoms with van der Waals surface area (Å²) in [5.74, 6) is -1.10. The van der Waals surface area contributed by atoms with Gasteiger partial charge in [-0.3, -0.25) is 4.79 Å². The first-order valence-electron chi connectivity index (χ1n) is 5.57. The number of alkyl halides is 3. The maximum atomic E-state index is 12.8. The third-order valence-electron chi connectivity index (χ3n) is 3.17. The minimum absolute atomic E-state index is 0.0840. The number of halogens is 3. The molecule has 2 aromatic rings. The number of aromatic amines is 1. The zero-order valence-corrected chi connectivity index (χ0v) is 10.3. The van der Waals surface area contributed by atoms with Crippen LogP contribution >= 0.6 is 0 Å². The van der Waals surface area contributed by atoms with E-state index in [1.54, 1.807) is 0 Å². The summed E-state index contributed by atoms with van der Waals surface area (Å²) in [5.41, 5.74) is -1.91. The van der Waals surface area contributed by atoms with Gasteiger partial charge in [0.2, 0.25) is 0 Å². The second-order valence-electron chi connectivity index (χ2n) is 4.88. The highest BCUT2D eigenvalue weighted by Crippen LogP contribution is 2.36. The summed E-state index contributed by atoms with van der Waals surface area (Å²) in [5, 5.41) is 9.45. The molecule has 2 N–H and O–H groups in total. The predicted octanol–water partition coefficient (Wildman–Crippen LogP) is 3.55. The lowest BCUT2D eigenvalue weighted by Crippen LogP contribution is -2.28. The predicted molar refractivity (Wildman–Crippen MR) is 64.0 cm³/mol. The SMILES string of the molecule is CC(C)(C(=O)O)c1cc2cccc(C(F)(F)F)c2[nH]1. The van der Waals surface area contributed by atoms with Crippen molar-refractivity contribution in [1.82, 2.24) is 4.98 Å². The van der Waals surface area contributed by atoms with Gasteiger partial charge in [0, 0.05) is 11.1 Å². The van der Waals surface area contributed by atoms with Crippen molar-refractivity contribution in [3.63, 3.8) is 0 Å². The Morgan fingerprint density at radius 3 is 2.42 bits per heavy atom. The molecule has 1 aromatic heterocycles. The van der Waals surface area contributed by atoms with Gasteiger partial charge in [-0.05, 0) is 26.0 Å². The summed E-state index contributed by atoms with van der Waals surface area (Å²) in [6.07, 6.45) is -4.48. The monoisotopic (exact) mass is 271 g/mol.